The molecule has 61 heavy (non-hydrogen) atoms. The normalized spacial score (nSPS) is 16.5. The number of hydrogen-bond acceptors (Lipinski definition) is 17. The van der Waals surface area contributed by atoms with E-state index >= 15 is 0 Å². The van der Waals surface area contributed by atoms with E-state index in [1.54, 1.807) is 6.07 Å². The van der Waals surface area contributed by atoms with Gasteiger partial charge in [0.15, 0.2) is 20.2 Å². The molecule has 1 unspecified atom stereocenters. The van der Waals surface area contributed by atoms with Crippen LogP contribution in [0.25, 0.3) is 0 Å². The maximum atomic E-state index is 13.0. The summed E-state index contributed by atoms with van der Waals surface area (Å²) in [6, 6.07) is 4.59. The van der Waals surface area contributed by atoms with Crippen molar-refractivity contribution >= 4 is 49.7 Å². The van der Waals surface area contributed by atoms with Crippen molar-refractivity contribution in [2.75, 3.05) is 71.8 Å². The molecule has 0 aliphatic carbocycles. The topological polar surface area (TPSA) is 228 Å². The van der Waals surface area contributed by atoms with Crippen LogP contribution in [-0.4, -0.2) is 129 Å². The molecule has 0 fully saturated rings. The molecule has 0 bridgehead atoms. The first kappa shape index (κ1) is 52.3. The number of hydrogen-bond donors (Lipinski definition) is 2. The van der Waals surface area contributed by atoms with Crippen molar-refractivity contribution in [3.05, 3.63) is 35.3 Å². The summed E-state index contributed by atoms with van der Waals surface area (Å²) in [5.74, 6) is -3.01. The smallest absolute Gasteiger partial charge is 0.339 e. The lowest BCUT2D eigenvalue weighted by Gasteiger charge is -2.37. The van der Waals surface area contributed by atoms with E-state index in [2.05, 4.69) is 37.3 Å². The largest absolute Gasteiger partial charge is 0.467 e. The van der Waals surface area contributed by atoms with Crippen LogP contribution in [0.3, 0.4) is 0 Å². The summed E-state index contributed by atoms with van der Waals surface area (Å²) in [6.07, 6.45) is -0.277. The molecule has 20 heteroatoms. The highest BCUT2D eigenvalue weighted by Gasteiger charge is 2.49. The van der Waals surface area contributed by atoms with Crippen LogP contribution in [0.1, 0.15) is 59.9 Å². The van der Waals surface area contributed by atoms with E-state index < -0.39 is 68.1 Å². The molecule has 1 aromatic carbocycles. The number of terminal acetylenes is 1. The van der Waals surface area contributed by atoms with Gasteiger partial charge in [-0.15, -0.1) is 6.42 Å². The summed E-state index contributed by atoms with van der Waals surface area (Å²) in [5.41, 5.74) is 0.740. The highest BCUT2D eigenvalue weighted by molar-refractivity contribution is 6.74. The second-order valence-electron chi connectivity index (χ2n) is 14.8. The molecule has 1 heterocycles. The Morgan fingerprint density at radius 3 is 1.93 bits per heavy atom. The Morgan fingerprint density at radius 1 is 0.803 bits per heavy atom. The molecule has 3 atom stereocenters. The second-order valence-corrected chi connectivity index (χ2v) is 19.6. The average Bonchev–Trinajstić information content (AvgIpc) is 3.17. The molecule has 0 aromatic heterocycles. The Hall–Kier alpha value is -4.88. The third-order valence-electron chi connectivity index (χ3n) is 8.92. The zero-order valence-electron chi connectivity index (χ0n) is 36.5. The molecular weight excluding hydrogens is 821 g/mol. The van der Waals surface area contributed by atoms with Gasteiger partial charge in [-0.1, -0.05) is 26.7 Å². The Labute approximate surface area is 357 Å². The Balaban J connectivity index is 2.16. The van der Waals surface area contributed by atoms with Crippen molar-refractivity contribution in [3.8, 4) is 18.1 Å². The fourth-order valence-corrected chi connectivity index (χ4v) is 5.86. The fourth-order valence-electron chi connectivity index (χ4n) is 4.91. The van der Waals surface area contributed by atoms with Crippen molar-refractivity contribution in [2.24, 2.45) is 0 Å². The minimum absolute atomic E-state index is 0.0166. The highest BCUT2D eigenvalue weighted by Crippen LogP contribution is 2.39. The summed E-state index contributed by atoms with van der Waals surface area (Å²) in [5, 5.41) is 5.30. The van der Waals surface area contributed by atoms with Gasteiger partial charge in [0, 0.05) is 51.4 Å². The molecule has 0 spiro atoms. The van der Waals surface area contributed by atoms with Crippen LogP contribution >= 0.6 is 0 Å². The minimum atomic E-state index is -2.38. The van der Waals surface area contributed by atoms with Gasteiger partial charge in [-0.25, -0.2) is 4.79 Å². The van der Waals surface area contributed by atoms with E-state index in [1.807, 2.05) is 13.1 Å². The van der Waals surface area contributed by atoms with Crippen LogP contribution in [0.15, 0.2) is 29.7 Å². The number of anilines is 1. The van der Waals surface area contributed by atoms with Crippen LogP contribution in [0.4, 0.5) is 5.69 Å². The van der Waals surface area contributed by atoms with Crippen molar-refractivity contribution in [3.63, 3.8) is 0 Å². The van der Waals surface area contributed by atoms with Crippen molar-refractivity contribution in [1.82, 2.24) is 5.32 Å². The first-order valence-corrected chi connectivity index (χ1v) is 22.5. The number of carbonyl (C=O) groups is 6. The summed E-state index contributed by atoms with van der Waals surface area (Å²) >= 11 is 0. The van der Waals surface area contributed by atoms with E-state index in [0.717, 1.165) is 27.9 Å². The number of ether oxygens (including phenoxy) is 10. The van der Waals surface area contributed by atoms with Crippen LogP contribution < -0.4 is 15.4 Å². The van der Waals surface area contributed by atoms with Gasteiger partial charge in [0.1, 0.15) is 12.4 Å². The molecule has 2 rings (SSSR count). The molecule has 0 saturated carbocycles. The molecule has 1 aromatic rings. The lowest BCUT2D eigenvalue weighted by atomic mass is 10.1. The highest BCUT2D eigenvalue weighted by atomic mass is 28.4. The minimum Gasteiger partial charge on any atom is -0.467 e. The number of methoxy groups -OCH3 is 1. The Kier molecular flexibility index (Phi) is 22.7. The number of rotatable bonds is 26. The zero-order valence-corrected chi connectivity index (χ0v) is 37.5. The number of nitrogens with one attached hydrogen (secondary N) is 2. The van der Waals surface area contributed by atoms with E-state index in [0.29, 0.717) is 50.9 Å². The predicted octanol–water partition coefficient (Wildman–Crippen LogP) is 3.29. The van der Waals surface area contributed by atoms with Gasteiger partial charge in [-0.2, -0.15) is 0 Å². The Bertz CT molecular complexity index is 1720. The third kappa shape index (κ3) is 19.1. The van der Waals surface area contributed by atoms with E-state index in [1.165, 1.54) is 12.1 Å². The number of esters is 4. The first-order chi connectivity index (χ1) is 28.8. The van der Waals surface area contributed by atoms with Crippen LogP contribution in [-0.2, 0) is 82.4 Å². The third-order valence-corrected chi connectivity index (χ3v) is 13.4. The van der Waals surface area contributed by atoms with Crippen LogP contribution in [0, 0.1) is 12.3 Å². The number of amides is 2. The van der Waals surface area contributed by atoms with Gasteiger partial charge in [0.2, 0.25) is 23.7 Å². The van der Waals surface area contributed by atoms with Crippen molar-refractivity contribution in [1.29, 1.82) is 0 Å². The van der Waals surface area contributed by atoms with Crippen molar-refractivity contribution in [2.45, 2.75) is 97.6 Å². The number of benzene rings is 1. The maximum absolute atomic E-state index is 13.0. The Morgan fingerprint density at radius 2 is 1.38 bits per heavy atom. The van der Waals surface area contributed by atoms with E-state index in [4.69, 9.17) is 58.2 Å². The van der Waals surface area contributed by atoms with Crippen LogP contribution in [0.5, 0.6) is 5.75 Å². The molecule has 1 aliphatic heterocycles. The summed E-state index contributed by atoms with van der Waals surface area (Å²) in [6.45, 7) is 16.5. The molecule has 1 aliphatic rings. The van der Waals surface area contributed by atoms with Crippen molar-refractivity contribution < 1.29 is 80.6 Å². The zero-order chi connectivity index (χ0) is 45.6. The quantitative estimate of drug-likeness (QED) is 0.0447. The molecule has 2 N–H and O–H groups in total. The van der Waals surface area contributed by atoms with Gasteiger partial charge in [0.05, 0.1) is 60.0 Å². The van der Waals surface area contributed by atoms with E-state index in [-0.39, 0.29) is 55.9 Å². The summed E-state index contributed by atoms with van der Waals surface area (Å²) < 4.78 is 60.8. The molecule has 0 radical (unpaired) electrons. The standard InChI is InChI=1S/C41H60N2O17Si/c1-11-17-51-19-21-53-23-24-54-22-20-52-18-16-42-33(47)14-15-34(48)43-31-12-13-32(30(25-31)26-55-61(9,10)41(5,6)7)59-40-38(58-29(4)46)36(57-28(3)45)35(56-27(2)44)37(60-40)39(49)50-8/h1,12-13,25,35,37,40H,14-24,26H2,2-10H3,(H,42,47)(H,43,48)/t35-,37?,40+/m0/s1. The van der Waals surface area contributed by atoms with Gasteiger partial charge >= 0.3 is 23.9 Å². The molecule has 2 amide bonds. The lowest BCUT2D eigenvalue weighted by Crippen LogP contribution is -2.51. The SMILES string of the molecule is C#CCOCCOCCOCCOCCNC(=O)CCC(=O)Nc1ccc(O[C@@H]2OC(C(=O)OC)[C@@H](OC(C)=O)C(OC(C)=O)=C2OC(C)=O)c(CO[Si](C)(C)C(C)(C)C)c1. The molecule has 340 valence electrons. The number of carbonyl (C=O) groups excluding carboxylic acids is 6. The van der Waals surface area contributed by atoms with Gasteiger partial charge in [-0.3, -0.25) is 24.0 Å². The molecular formula is C41H60N2O17Si. The van der Waals surface area contributed by atoms with Gasteiger partial charge in [-0.05, 0) is 36.3 Å². The average molecular weight is 881 g/mol. The van der Waals surface area contributed by atoms with Gasteiger partial charge in [0.25, 0.3) is 6.29 Å². The van der Waals surface area contributed by atoms with Crippen LogP contribution in [0.2, 0.25) is 18.1 Å². The monoisotopic (exact) mass is 880 g/mol. The summed E-state index contributed by atoms with van der Waals surface area (Å²) in [4.78, 5) is 75.0. The predicted molar refractivity (Wildman–Crippen MR) is 219 cm³/mol. The molecule has 0 saturated heterocycles. The molecule has 19 nitrogen and oxygen atoms in total. The second kappa shape index (κ2) is 26.5. The van der Waals surface area contributed by atoms with Gasteiger partial charge < -0.3 is 62.4 Å². The summed E-state index contributed by atoms with van der Waals surface area (Å²) in [7, 11) is -1.32. The lowest BCUT2D eigenvalue weighted by molar-refractivity contribution is -0.206. The maximum Gasteiger partial charge on any atom is 0.339 e. The fraction of sp³-hybridized carbons (Fsp3) is 0.610. The first-order valence-electron chi connectivity index (χ1n) is 19.6. The van der Waals surface area contributed by atoms with E-state index in [9.17, 15) is 28.8 Å².